The molecular formula is C9H12ClNO4S2. The van der Waals surface area contributed by atoms with Crippen LogP contribution in [0, 0.1) is 10.2 Å². The van der Waals surface area contributed by atoms with Gasteiger partial charge in [-0.05, 0) is 12.2 Å². The highest BCUT2D eigenvalue weighted by Gasteiger charge is 2.00. The number of halogens is 1. The van der Waals surface area contributed by atoms with E-state index in [2.05, 4.69) is 28.5 Å². The van der Waals surface area contributed by atoms with Crippen molar-refractivity contribution in [3.63, 3.8) is 0 Å². The summed E-state index contributed by atoms with van der Waals surface area (Å²) >= 11 is 3.52. The maximum absolute atomic E-state index is 8.49. The zero-order valence-electron chi connectivity index (χ0n) is 8.91. The molecule has 96 valence electrons. The molecule has 1 aromatic heterocycles. The van der Waals surface area contributed by atoms with Gasteiger partial charge in [-0.1, -0.05) is 35.8 Å². The minimum absolute atomic E-state index is 0.892. The van der Waals surface area contributed by atoms with Gasteiger partial charge in [0.05, 0.1) is 0 Å². The smallest absolute Gasteiger partial charge is 0.222 e. The van der Waals surface area contributed by atoms with E-state index in [1.54, 1.807) is 22.7 Å². The minimum Gasteiger partial charge on any atom is -0.222 e. The Balaban J connectivity index is 0.000000437. The SMILES string of the molecule is C=CC[N+](CC=C)=c1sccs1.[O-][Cl+3]([O-])([O-])[O-]. The van der Waals surface area contributed by atoms with Crippen molar-refractivity contribution in [2.24, 2.45) is 0 Å². The van der Waals surface area contributed by atoms with Gasteiger partial charge >= 0.3 is 3.98 Å². The van der Waals surface area contributed by atoms with E-state index >= 15 is 0 Å². The molecule has 1 aromatic rings. The van der Waals surface area contributed by atoms with Crippen molar-refractivity contribution >= 4 is 22.7 Å². The van der Waals surface area contributed by atoms with E-state index < -0.39 is 10.2 Å². The molecule has 0 saturated carbocycles. The molecule has 0 fully saturated rings. The lowest BCUT2D eigenvalue weighted by Crippen LogP contribution is -2.68. The molecule has 0 N–H and O–H groups in total. The maximum atomic E-state index is 8.49. The molecule has 0 amide bonds. The summed E-state index contributed by atoms with van der Waals surface area (Å²) in [5.41, 5.74) is 0. The second-order valence-electron chi connectivity index (χ2n) is 2.63. The van der Waals surface area contributed by atoms with Crippen LogP contribution in [0.15, 0.2) is 36.1 Å². The van der Waals surface area contributed by atoms with E-state index in [-0.39, 0.29) is 0 Å². The van der Waals surface area contributed by atoms with Gasteiger partial charge in [0.1, 0.15) is 0 Å². The Morgan fingerprint density at radius 3 is 1.71 bits per heavy atom. The first-order valence-corrected chi connectivity index (χ1v) is 7.31. The Hall–Kier alpha value is -0.540. The molecule has 8 heteroatoms. The van der Waals surface area contributed by atoms with Crippen molar-refractivity contribution in [1.29, 1.82) is 0 Å². The van der Waals surface area contributed by atoms with E-state index in [9.17, 15) is 0 Å². The first-order valence-electron chi connectivity index (χ1n) is 4.32. The maximum Gasteiger partial charge on any atom is 0.314 e. The molecule has 1 heterocycles. The number of hydrogen-bond acceptors (Lipinski definition) is 6. The molecule has 0 spiro atoms. The van der Waals surface area contributed by atoms with E-state index in [0.29, 0.717) is 0 Å². The van der Waals surface area contributed by atoms with Gasteiger partial charge in [-0.15, -0.1) is 10.2 Å². The Bertz CT molecular complexity index is 373. The fourth-order valence-corrected chi connectivity index (χ4v) is 2.71. The van der Waals surface area contributed by atoms with Crippen LogP contribution in [0.4, 0.5) is 0 Å². The first-order chi connectivity index (χ1) is 7.88. The average molecular weight is 298 g/mol. The van der Waals surface area contributed by atoms with Gasteiger partial charge in [-0.3, -0.25) is 0 Å². The van der Waals surface area contributed by atoms with Gasteiger partial charge in [0.2, 0.25) is 0 Å². The van der Waals surface area contributed by atoms with Crippen molar-refractivity contribution < 1.29 is 28.9 Å². The van der Waals surface area contributed by atoms with E-state index in [4.69, 9.17) is 18.6 Å². The van der Waals surface area contributed by atoms with Crippen LogP contribution in [0.5, 0.6) is 0 Å². The third-order valence-corrected chi connectivity index (χ3v) is 3.56. The molecule has 0 bridgehead atoms. The quantitative estimate of drug-likeness (QED) is 0.443. The summed E-state index contributed by atoms with van der Waals surface area (Å²) in [7, 11) is -4.94. The standard InChI is InChI=1S/C9H12NS2.ClHO4/c1-3-5-10(6-4-2)9-11-7-8-12-9;2-1(3,4)5/h3-4,7-8H,1-2,5-6H2;(H,2,3,4,5)/q+1;/p-1. The van der Waals surface area contributed by atoms with Gasteiger partial charge in [-0.2, -0.15) is 0 Å². The lowest BCUT2D eigenvalue weighted by Gasteiger charge is -2.17. The molecule has 0 aliphatic rings. The van der Waals surface area contributed by atoms with Crippen LogP contribution in [0.25, 0.3) is 0 Å². The van der Waals surface area contributed by atoms with Crippen molar-refractivity contribution in [3.05, 3.63) is 40.1 Å². The fraction of sp³-hybridized carbons (Fsp3) is 0.222. The van der Waals surface area contributed by atoms with Crippen LogP contribution in [0.1, 0.15) is 0 Å². The van der Waals surface area contributed by atoms with Crippen molar-refractivity contribution in [2.75, 3.05) is 13.1 Å². The van der Waals surface area contributed by atoms with E-state index in [1.165, 1.54) is 3.98 Å². The second kappa shape index (κ2) is 8.54. The highest BCUT2D eigenvalue weighted by Crippen LogP contribution is 1.93. The molecular weight excluding hydrogens is 286 g/mol. The number of nitrogens with zero attached hydrogens (tertiary/aromatic N) is 1. The summed E-state index contributed by atoms with van der Waals surface area (Å²) in [5.74, 6) is 0. The summed E-state index contributed by atoms with van der Waals surface area (Å²) in [6, 6.07) is 0. The molecule has 0 aromatic carbocycles. The summed E-state index contributed by atoms with van der Waals surface area (Å²) in [4.78, 5) is 0. The van der Waals surface area contributed by atoms with Crippen molar-refractivity contribution in [3.8, 4) is 0 Å². The van der Waals surface area contributed by atoms with Crippen LogP contribution in [-0.4, -0.2) is 13.1 Å². The monoisotopic (exact) mass is 297 g/mol. The Labute approximate surface area is 109 Å². The lowest BCUT2D eigenvalue weighted by atomic mass is 10.5. The second-order valence-corrected chi connectivity index (χ2v) is 5.44. The van der Waals surface area contributed by atoms with Gasteiger partial charge in [0.25, 0.3) is 0 Å². The van der Waals surface area contributed by atoms with Crippen LogP contribution in [-0.2, 0) is 0 Å². The number of rotatable bonds is 4. The van der Waals surface area contributed by atoms with Crippen LogP contribution < -0.4 is 27.2 Å². The van der Waals surface area contributed by atoms with Gasteiger partial charge in [0.15, 0.2) is 13.1 Å². The predicted molar refractivity (Wildman–Crippen MR) is 57.6 cm³/mol. The normalized spacial score (nSPS) is 10.1. The zero-order chi connectivity index (χ0) is 13.3. The molecule has 17 heavy (non-hydrogen) atoms. The Kier molecular flexibility index (Phi) is 8.26. The van der Waals surface area contributed by atoms with Crippen LogP contribution in [0.3, 0.4) is 0 Å². The lowest BCUT2D eigenvalue weighted by molar-refractivity contribution is -2.00. The van der Waals surface area contributed by atoms with Gasteiger partial charge in [-0.25, -0.2) is 23.2 Å². The molecule has 0 saturated heterocycles. The van der Waals surface area contributed by atoms with Crippen LogP contribution in [0.2, 0.25) is 0 Å². The van der Waals surface area contributed by atoms with Gasteiger partial charge < -0.3 is 0 Å². The van der Waals surface area contributed by atoms with Crippen molar-refractivity contribution in [2.45, 2.75) is 0 Å². The highest BCUT2D eigenvalue weighted by molar-refractivity contribution is 7.24. The third-order valence-electron chi connectivity index (χ3n) is 1.35. The van der Waals surface area contributed by atoms with Crippen LogP contribution >= 0.6 is 22.7 Å². The zero-order valence-corrected chi connectivity index (χ0v) is 11.3. The predicted octanol–water partition coefficient (Wildman–Crippen LogP) is -2.80. The first kappa shape index (κ1) is 16.5. The largest absolute Gasteiger partial charge is 0.314 e. The van der Waals surface area contributed by atoms with Gasteiger partial charge in [0, 0.05) is 10.8 Å². The Morgan fingerprint density at radius 2 is 1.41 bits per heavy atom. The molecule has 5 nitrogen and oxygen atoms in total. The number of hydrogen-bond donors (Lipinski definition) is 0. The summed E-state index contributed by atoms with van der Waals surface area (Å²) in [6.07, 6.45) is 3.83. The fourth-order valence-electron chi connectivity index (χ4n) is 0.884. The highest BCUT2D eigenvalue weighted by atomic mass is 35.7. The molecule has 0 aliphatic carbocycles. The summed E-state index contributed by atoms with van der Waals surface area (Å²) < 4.78 is 37.5. The third kappa shape index (κ3) is 10.3. The minimum atomic E-state index is -4.94. The molecule has 0 atom stereocenters. The molecule has 0 unspecified atom stereocenters. The van der Waals surface area contributed by atoms with Crippen molar-refractivity contribution in [1.82, 2.24) is 4.58 Å². The molecule has 0 aliphatic heterocycles. The summed E-state index contributed by atoms with van der Waals surface area (Å²) in [5, 5.41) is 4.19. The van der Waals surface area contributed by atoms with E-state index in [0.717, 1.165) is 13.1 Å². The summed E-state index contributed by atoms with van der Waals surface area (Å²) in [6.45, 7) is 9.24. The molecule has 0 radical (unpaired) electrons. The molecule has 1 rings (SSSR count). The Morgan fingerprint density at radius 1 is 1.06 bits per heavy atom. The van der Waals surface area contributed by atoms with E-state index in [1.807, 2.05) is 12.2 Å². The topological polar surface area (TPSA) is 95.2 Å². The average Bonchev–Trinajstić information content (AvgIpc) is 2.67.